The zero-order valence-electron chi connectivity index (χ0n) is 15.2. The van der Waals surface area contributed by atoms with Gasteiger partial charge in [-0.3, -0.25) is 4.99 Å². The number of rotatable bonds is 6. The number of methoxy groups -OCH3 is 1. The Kier molecular flexibility index (Phi) is 6.03. The smallest absolute Gasteiger partial charge is 0.239 e. The highest BCUT2D eigenvalue weighted by molar-refractivity contribution is 7.21. The predicted octanol–water partition coefficient (Wildman–Crippen LogP) is 4.64. The number of halogens is 1. The minimum absolute atomic E-state index is 0.170. The van der Waals surface area contributed by atoms with E-state index in [1.54, 1.807) is 25.2 Å². The van der Waals surface area contributed by atoms with E-state index in [4.69, 9.17) is 14.3 Å². The lowest BCUT2D eigenvalue weighted by Gasteiger charge is -2.11. The summed E-state index contributed by atoms with van der Waals surface area (Å²) in [7, 11) is 4.61. The standard InChI is InChI=1S/C20H19FN2O3S/c1-22-20(24-2)18(23-25-3)19-14(13-8-4-7-11-17(13)27-19)12-26-16-10-6-5-9-15(16)21/h4-11H,12H2,1-3H3. The van der Waals surface area contributed by atoms with E-state index in [9.17, 15) is 4.39 Å². The third-order valence-corrected chi connectivity index (χ3v) is 5.12. The zero-order valence-corrected chi connectivity index (χ0v) is 16.0. The van der Waals surface area contributed by atoms with Crippen molar-refractivity contribution >= 4 is 33.0 Å². The van der Waals surface area contributed by atoms with Gasteiger partial charge in [-0.15, -0.1) is 11.3 Å². The number of ether oxygens (including phenoxy) is 2. The number of hydrogen-bond donors (Lipinski definition) is 0. The van der Waals surface area contributed by atoms with E-state index in [1.165, 1.54) is 31.6 Å². The van der Waals surface area contributed by atoms with Gasteiger partial charge in [0.05, 0.1) is 12.0 Å². The molecule has 1 aromatic heterocycles. The van der Waals surface area contributed by atoms with Crippen LogP contribution in [0.25, 0.3) is 10.1 Å². The second kappa shape index (κ2) is 8.64. The number of aliphatic imine (C=N–C) groups is 1. The normalized spacial score (nSPS) is 12.3. The summed E-state index contributed by atoms with van der Waals surface area (Å²) in [5.74, 6) is 0.132. The van der Waals surface area contributed by atoms with Crippen LogP contribution in [-0.4, -0.2) is 32.9 Å². The summed E-state index contributed by atoms with van der Waals surface area (Å²) in [6.07, 6.45) is 0. The van der Waals surface area contributed by atoms with E-state index >= 15 is 0 Å². The van der Waals surface area contributed by atoms with E-state index in [0.29, 0.717) is 11.6 Å². The highest BCUT2D eigenvalue weighted by Crippen LogP contribution is 2.33. The van der Waals surface area contributed by atoms with Crippen LogP contribution in [0.15, 0.2) is 58.7 Å². The third kappa shape index (κ3) is 3.93. The molecule has 0 saturated carbocycles. The minimum atomic E-state index is -0.405. The summed E-state index contributed by atoms with van der Waals surface area (Å²) in [5, 5.41) is 5.11. The molecule has 0 unspecified atom stereocenters. The molecular formula is C20H19FN2O3S. The van der Waals surface area contributed by atoms with Crippen molar-refractivity contribution in [1.29, 1.82) is 0 Å². The van der Waals surface area contributed by atoms with Crippen LogP contribution in [0.1, 0.15) is 10.4 Å². The van der Waals surface area contributed by atoms with Gasteiger partial charge in [0.15, 0.2) is 17.3 Å². The Morgan fingerprint density at radius 1 is 1.07 bits per heavy atom. The van der Waals surface area contributed by atoms with Crippen molar-refractivity contribution in [1.82, 2.24) is 0 Å². The highest BCUT2D eigenvalue weighted by atomic mass is 32.1. The Bertz CT molecular complexity index is 998. The monoisotopic (exact) mass is 386 g/mol. The molecule has 0 amide bonds. The molecule has 0 radical (unpaired) electrons. The van der Waals surface area contributed by atoms with Gasteiger partial charge in [0.1, 0.15) is 13.7 Å². The summed E-state index contributed by atoms with van der Waals surface area (Å²) < 4.78 is 26.1. The predicted molar refractivity (Wildman–Crippen MR) is 106 cm³/mol. The van der Waals surface area contributed by atoms with Gasteiger partial charge in [0, 0.05) is 17.3 Å². The van der Waals surface area contributed by atoms with Crippen LogP contribution in [0.2, 0.25) is 0 Å². The van der Waals surface area contributed by atoms with Gasteiger partial charge < -0.3 is 14.3 Å². The van der Waals surface area contributed by atoms with Gasteiger partial charge in [-0.25, -0.2) is 4.39 Å². The number of oxime groups is 1. The molecule has 27 heavy (non-hydrogen) atoms. The fourth-order valence-electron chi connectivity index (χ4n) is 2.71. The number of thiophene rings is 1. The molecule has 140 valence electrons. The highest BCUT2D eigenvalue weighted by Gasteiger charge is 2.23. The number of para-hydroxylation sites is 1. The third-order valence-electron chi connectivity index (χ3n) is 3.90. The number of nitrogens with zero attached hydrogens (tertiary/aromatic N) is 2. The Labute approximate surface area is 160 Å². The van der Waals surface area contributed by atoms with Gasteiger partial charge in [-0.2, -0.15) is 0 Å². The Hall–Kier alpha value is -2.93. The topological polar surface area (TPSA) is 52.4 Å². The van der Waals surface area contributed by atoms with Crippen LogP contribution < -0.4 is 4.74 Å². The zero-order chi connectivity index (χ0) is 19.2. The lowest BCUT2D eigenvalue weighted by Crippen LogP contribution is -2.19. The summed E-state index contributed by atoms with van der Waals surface area (Å²) in [6, 6.07) is 14.2. The first-order valence-electron chi connectivity index (χ1n) is 8.20. The maximum Gasteiger partial charge on any atom is 0.239 e. The largest absolute Gasteiger partial charge is 0.486 e. The fraction of sp³-hybridized carbons (Fsp3) is 0.200. The maximum atomic E-state index is 13.9. The summed E-state index contributed by atoms with van der Waals surface area (Å²) >= 11 is 1.52. The summed E-state index contributed by atoms with van der Waals surface area (Å²) in [5.41, 5.74) is 1.34. The fourth-order valence-corrected chi connectivity index (χ4v) is 3.89. The van der Waals surface area contributed by atoms with Crippen LogP contribution in [0.5, 0.6) is 5.75 Å². The van der Waals surface area contributed by atoms with Gasteiger partial charge in [0.25, 0.3) is 0 Å². The number of hydrogen-bond acceptors (Lipinski definition) is 6. The molecular weight excluding hydrogens is 367 g/mol. The quantitative estimate of drug-likeness (QED) is 0.352. The molecule has 2 aromatic carbocycles. The first kappa shape index (κ1) is 18.8. The van der Waals surface area contributed by atoms with E-state index in [2.05, 4.69) is 10.1 Å². The van der Waals surface area contributed by atoms with Gasteiger partial charge in [-0.1, -0.05) is 35.5 Å². The van der Waals surface area contributed by atoms with Crippen molar-refractivity contribution in [2.45, 2.75) is 6.61 Å². The van der Waals surface area contributed by atoms with Crippen LogP contribution in [0.4, 0.5) is 4.39 Å². The van der Waals surface area contributed by atoms with Gasteiger partial charge in [0.2, 0.25) is 5.90 Å². The first-order chi connectivity index (χ1) is 13.2. The summed E-state index contributed by atoms with van der Waals surface area (Å²) in [6.45, 7) is 0.170. The summed E-state index contributed by atoms with van der Waals surface area (Å²) in [4.78, 5) is 9.95. The lowest BCUT2D eigenvalue weighted by molar-refractivity contribution is 0.213. The molecule has 3 aromatic rings. The Morgan fingerprint density at radius 3 is 2.52 bits per heavy atom. The molecule has 1 heterocycles. The van der Waals surface area contributed by atoms with Gasteiger partial charge >= 0.3 is 0 Å². The van der Waals surface area contributed by atoms with Crippen LogP contribution in [0.3, 0.4) is 0 Å². The van der Waals surface area contributed by atoms with Crippen molar-refractivity contribution in [2.75, 3.05) is 21.3 Å². The van der Waals surface area contributed by atoms with E-state index in [0.717, 1.165) is 20.5 Å². The minimum Gasteiger partial charge on any atom is -0.486 e. The second-order valence-electron chi connectivity index (χ2n) is 5.48. The molecule has 0 spiro atoms. The molecule has 0 N–H and O–H groups in total. The van der Waals surface area contributed by atoms with Crippen molar-refractivity contribution in [3.05, 3.63) is 64.8 Å². The molecule has 5 nitrogen and oxygen atoms in total. The lowest BCUT2D eigenvalue weighted by atomic mass is 10.1. The average Bonchev–Trinajstić information content (AvgIpc) is 3.06. The molecule has 0 aliphatic heterocycles. The van der Waals surface area contributed by atoms with E-state index in [1.807, 2.05) is 24.3 Å². The number of fused-ring (bicyclic) bond motifs is 1. The Balaban J connectivity index is 2.08. The average molecular weight is 386 g/mol. The molecule has 0 aliphatic carbocycles. The van der Waals surface area contributed by atoms with E-state index < -0.39 is 5.82 Å². The maximum absolute atomic E-state index is 13.9. The van der Waals surface area contributed by atoms with Crippen LogP contribution in [-0.2, 0) is 16.2 Å². The molecule has 0 bridgehead atoms. The van der Waals surface area contributed by atoms with Crippen molar-refractivity contribution in [3.63, 3.8) is 0 Å². The number of benzene rings is 2. The van der Waals surface area contributed by atoms with Crippen LogP contribution >= 0.6 is 11.3 Å². The van der Waals surface area contributed by atoms with E-state index in [-0.39, 0.29) is 12.4 Å². The SMILES string of the molecule is CN=C(OC)C(=NOC)c1sc2ccccc2c1COc1ccccc1F. The molecule has 0 atom stereocenters. The van der Waals surface area contributed by atoms with Crippen molar-refractivity contribution in [2.24, 2.45) is 10.1 Å². The molecule has 7 heteroatoms. The second-order valence-corrected chi connectivity index (χ2v) is 6.53. The van der Waals surface area contributed by atoms with Crippen LogP contribution in [0, 0.1) is 5.82 Å². The molecule has 3 rings (SSSR count). The Morgan fingerprint density at radius 2 is 1.81 bits per heavy atom. The molecule has 0 aliphatic rings. The van der Waals surface area contributed by atoms with Crippen molar-refractivity contribution < 1.29 is 18.7 Å². The molecule has 0 fully saturated rings. The first-order valence-corrected chi connectivity index (χ1v) is 9.01. The van der Waals surface area contributed by atoms with Crippen molar-refractivity contribution in [3.8, 4) is 5.75 Å². The van der Waals surface area contributed by atoms with Gasteiger partial charge in [-0.05, 0) is 23.6 Å². The molecule has 0 saturated heterocycles.